The van der Waals surface area contributed by atoms with E-state index in [4.69, 9.17) is 0 Å². The van der Waals surface area contributed by atoms with E-state index in [1.807, 2.05) is 0 Å². The standard InChI is InChI=1S/C18H19FN4O3S/c1-22(2)27(25,26)15-7-8-17-16(11-15)20-12-23(17)10-9-18(24)21-14-5-3-13(19)4-6-14/h3-8,11-12H,9-10H2,1-2H3,(H,21,24). The van der Waals surface area contributed by atoms with Crippen LogP contribution in [0.2, 0.25) is 0 Å². The van der Waals surface area contributed by atoms with Gasteiger partial charge in [-0.1, -0.05) is 0 Å². The lowest BCUT2D eigenvalue weighted by Crippen LogP contribution is -2.22. The number of imidazole rings is 1. The first-order valence-electron chi connectivity index (χ1n) is 8.20. The second-order valence-corrected chi connectivity index (χ2v) is 8.33. The fourth-order valence-corrected chi connectivity index (χ4v) is 3.49. The fraction of sp³-hybridized carbons (Fsp3) is 0.222. The number of nitrogens with zero attached hydrogens (tertiary/aromatic N) is 3. The summed E-state index contributed by atoms with van der Waals surface area (Å²) in [6.07, 6.45) is 1.77. The van der Waals surface area contributed by atoms with Crippen molar-refractivity contribution < 1.29 is 17.6 Å². The summed E-state index contributed by atoms with van der Waals surface area (Å²) in [5.41, 5.74) is 1.80. The minimum Gasteiger partial charge on any atom is -0.330 e. The van der Waals surface area contributed by atoms with Crippen LogP contribution in [0.5, 0.6) is 0 Å². The SMILES string of the molecule is CN(C)S(=O)(=O)c1ccc2c(c1)ncn2CCC(=O)Nc1ccc(F)cc1. The van der Waals surface area contributed by atoms with E-state index < -0.39 is 10.0 Å². The number of nitrogens with one attached hydrogen (secondary N) is 1. The number of hydrogen-bond donors (Lipinski definition) is 1. The summed E-state index contributed by atoms with van der Waals surface area (Å²) >= 11 is 0. The van der Waals surface area contributed by atoms with Gasteiger partial charge >= 0.3 is 0 Å². The summed E-state index contributed by atoms with van der Waals surface area (Å²) in [4.78, 5) is 16.5. The highest BCUT2D eigenvalue weighted by atomic mass is 32.2. The van der Waals surface area contributed by atoms with Gasteiger partial charge in [-0.2, -0.15) is 0 Å². The zero-order valence-electron chi connectivity index (χ0n) is 14.9. The molecule has 1 aromatic heterocycles. The van der Waals surface area contributed by atoms with Gasteiger partial charge < -0.3 is 9.88 Å². The van der Waals surface area contributed by atoms with Gasteiger partial charge in [-0.05, 0) is 42.5 Å². The number of hydrogen-bond acceptors (Lipinski definition) is 4. The van der Waals surface area contributed by atoms with Crippen molar-refractivity contribution in [3.05, 3.63) is 54.6 Å². The molecule has 1 amide bonds. The predicted octanol–water partition coefficient (Wildman–Crippen LogP) is 2.45. The Bertz CT molecular complexity index is 1080. The van der Waals surface area contributed by atoms with Crippen molar-refractivity contribution in [1.82, 2.24) is 13.9 Å². The molecule has 7 nitrogen and oxygen atoms in total. The number of amides is 1. The van der Waals surface area contributed by atoms with E-state index in [-0.39, 0.29) is 23.0 Å². The van der Waals surface area contributed by atoms with Crippen LogP contribution in [0.3, 0.4) is 0 Å². The lowest BCUT2D eigenvalue weighted by Gasteiger charge is -2.11. The molecule has 0 spiro atoms. The van der Waals surface area contributed by atoms with Gasteiger partial charge in [0.25, 0.3) is 0 Å². The molecule has 2 aromatic carbocycles. The van der Waals surface area contributed by atoms with Gasteiger partial charge in [-0.15, -0.1) is 0 Å². The maximum Gasteiger partial charge on any atom is 0.242 e. The Balaban J connectivity index is 1.70. The normalized spacial score (nSPS) is 11.9. The molecule has 27 heavy (non-hydrogen) atoms. The van der Waals surface area contributed by atoms with Gasteiger partial charge in [-0.25, -0.2) is 22.1 Å². The number of fused-ring (bicyclic) bond motifs is 1. The number of rotatable bonds is 6. The van der Waals surface area contributed by atoms with Crippen molar-refractivity contribution in [2.45, 2.75) is 17.9 Å². The molecular formula is C18H19FN4O3S. The van der Waals surface area contributed by atoms with E-state index in [0.29, 0.717) is 17.7 Å². The number of aromatic nitrogens is 2. The fourth-order valence-electron chi connectivity index (χ4n) is 2.57. The van der Waals surface area contributed by atoms with Gasteiger partial charge in [0.15, 0.2) is 0 Å². The molecule has 0 radical (unpaired) electrons. The number of anilines is 1. The third kappa shape index (κ3) is 4.15. The minimum absolute atomic E-state index is 0.166. The Morgan fingerprint density at radius 2 is 1.89 bits per heavy atom. The van der Waals surface area contributed by atoms with Gasteiger partial charge in [0, 0.05) is 32.7 Å². The third-order valence-electron chi connectivity index (χ3n) is 4.08. The minimum atomic E-state index is -3.53. The quantitative estimate of drug-likeness (QED) is 0.701. The van der Waals surface area contributed by atoms with E-state index in [1.54, 1.807) is 17.0 Å². The summed E-state index contributed by atoms with van der Waals surface area (Å²) in [7, 11) is -0.589. The number of aryl methyl sites for hydroxylation is 1. The van der Waals surface area contributed by atoms with Crippen LogP contribution in [0.25, 0.3) is 11.0 Å². The molecule has 9 heteroatoms. The van der Waals surface area contributed by atoms with E-state index >= 15 is 0 Å². The Morgan fingerprint density at radius 1 is 1.19 bits per heavy atom. The van der Waals surface area contributed by atoms with Crippen molar-refractivity contribution in [2.75, 3.05) is 19.4 Å². The second kappa shape index (κ2) is 7.45. The van der Waals surface area contributed by atoms with Crippen LogP contribution < -0.4 is 5.32 Å². The molecule has 0 saturated carbocycles. The van der Waals surface area contributed by atoms with Gasteiger partial charge in [0.05, 0.1) is 22.3 Å². The van der Waals surface area contributed by atoms with E-state index in [2.05, 4.69) is 10.3 Å². The average Bonchev–Trinajstić information content (AvgIpc) is 3.04. The van der Waals surface area contributed by atoms with Crippen molar-refractivity contribution >= 4 is 32.7 Å². The molecule has 0 aliphatic heterocycles. The Morgan fingerprint density at radius 3 is 2.56 bits per heavy atom. The van der Waals surface area contributed by atoms with Crippen LogP contribution in [-0.2, 0) is 21.4 Å². The Hall–Kier alpha value is -2.78. The molecule has 0 aliphatic carbocycles. The molecule has 0 fully saturated rings. The highest BCUT2D eigenvalue weighted by Crippen LogP contribution is 2.20. The molecule has 3 aromatic rings. The summed E-state index contributed by atoms with van der Waals surface area (Å²) in [6.45, 7) is 0.378. The third-order valence-corrected chi connectivity index (χ3v) is 5.89. The van der Waals surface area contributed by atoms with Crippen molar-refractivity contribution in [2.24, 2.45) is 0 Å². The second-order valence-electron chi connectivity index (χ2n) is 6.18. The molecule has 1 N–H and O–H groups in total. The topological polar surface area (TPSA) is 84.3 Å². The van der Waals surface area contributed by atoms with Crippen molar-refractivity contribution in [3.8, 4) is 0 Å². The highest BCUT2D eigenvalue weighted by molar-refractivity contribution is 7.89. The van der Waals surface area contributed by atoms with Crippen LogP contribution in [0.1, 0.15) is 6.42 Å². The van der Waals surface area contributed by atoms with Crippen LogP contribution in [-0.4, -0.2) is 42.3 Å². The molecule has 0 unspecified atom stereocenters. The van der Waals surface area contributed by atoms with E-state index in [0.717, 1.165) is 9.82 Å². The predicted molar refractivity (Wildman–Crippen MR) is 100 cm³/mol. The molecular weight excluding hydrogens is 371 g/mol. The van der Waals surface area contributed by atoms with Gasteiger partial charge in [-0.3, -0.25) is 4.79 Å². The van der Waals surface area contributed by atoms with Crippen molar-refractivity contribution in [1.29, 1.82) is 0 Å². The first-order chi connectivity index (χ1) is 12.8. The molecule has 142 valence electrons. The zero-order chi connectivity index (χ0) is 19.6. The van der Waals surface area contributed by atoms with Gasteiger partial charge in [0.1, 0.15) is 5.82 Å². The molecule has 0 atom stereocenters. The monoisotopic (exact) mass is 390 g/mol. The van der Waals surface area contributed by atoms with Crippen LogP contribution in [0, 0.1) is 5.82 Å². The highest BCUT2D eigenvalue weighted by Gasteiger charge is 2.18. The summed E-state index contributed by atoms with van der Waals surface area (Å²) in [5, 5.41) is 2.70. The lowest BCUT2D eigenvalue weighted by molar-refractivity contribution is -0.116. The van der Waals surface area contributed by atoms with Crippen LogP contribution in [0.4, 0.5) is 10.1 Å². The first-order valence-corrected chi connectivity index (χ1v) is 9.64. The Labute approximate surface area is 156 Å². The van der Waals surface area contributed by atoms with Crippen LogP contribution >= 0.6 is 0 Å². The molecule has 1 heterocycles. The largest absolute Gasteiger partial charge is 0.330 e. The Kier molecular flexibility index (Phi) is 5.24. The van der Waals surface area contributed by atoms with E-state index in [9.17, 15) is 17.6 Å². The number of carbonyl (C=O) groups is 1. The number of sulfonamides is 1. The number of carbonyl (C=O) groups excluding carboxylic acids is 1. The lowest BCUT2D eigenvalue weighted by atomic mass is 10.3. The smallest absolute Gasteiger partial charge is 0.242 e. The molecule has 0 bridgehead atoms. The van der Waals surface area contributed by atoms with Crippen molar-refractivity contribution in [3.63, 3.8) is 0 Å². The number of benzene rings is 2. The van der Waals surface area contributed by atoms with E-state index in [1.165, 1.54) is 50.5 Å². The summed E-state index contributed by atoms with van der Waals surface area (Å²) < 4.78 is 40.2. The molecule has 0 saturated heterocycles. The molecule has 3 rings (SSSR count). The maximum absolute atomic E-state index is 12.9. The number of halogens is 1. The maximum atomic E-state index is 12.9. The summed E-state index contributed by atoms with van der Waals surface area (Å²) in [6, 6.07) is 10.3. The van der Waals surface area contributed by atoms with Crippen LogP contribution in [0.15, 0.2) is 53.7 Å². The molecule has 0 aliphatic rings. The zero-order valence-corrected chi connectivity index (χ0v) is 15.7. The summed E-state index contributed by atoms with van der Waals surface area (Å²) in [5.74, 6) is -0.580. The average molecular weight is 390 g/mol. The first kappa shape index (κ1) is 19.0. The van der Waals surface area contributed by atoms with Gasteiger partial charge in [0.2, 0.25) is 15.9 Å².